The summed E-state index contributed by atoms with van der Waals surface area (Å²) in [4.78, 5) is 75.5. The Bertz CT molecular complexity index is 917. The van der Waals surface area contributed by atoms with E-state index in [1.165, 1.54) is 14.0 Å². The lowest BCUT2D eigenvalue weighted by Gasteiger charge is -2.30. The first-order valence-electron chi connectivity index (χ1n) is 13.8. The van der Waals surface area contributed by atoms with Gasteiger partial charge in [-0.15, -0.1) is 0 Å². The highest BCUT2D eigenvalue weighted by Crippen LogP contribution is 2.12. The SMILES string of the molecule is CC[C@H](C)[C@H](NC(=O)[C@H](CCC(N)=O)NC(=O)OC(C)(C)C)C(=O)N[C@H](C(=O)N[C@@H](CC(C)C)C(=O)OC)[C@@H](C)O. The van der Waals surface area contributed by atoms with E-state index in [0.717, 1.165) is 0 Å². The molecule has 0 spiro atoms. The van der Waals surface area contributed by atoms with Gasteiger partial charge in [-0.1, -0.05) is 34.1 Å². The summed E-state index contributed by atoms with van der Waals surface area (Å²) in [5.74, 6) is -4.16. The maximum atomic E-state index is 13.4. The zero-order chi connectivity index (χ0) is 32.1. The molecule has 0 aliphatic carbocycles. The molecular formula is C27H49N5O9. The number of rotatable bonds is 16. The first-order chi connectivity index (χ1) is 18.8. The van der Waals surface area contributed by atoms with Crippen LogP contribution in [0, 0.1) is 11.8 Å². The lowest BCUT2D eigenvalue weighted by Crippen LogP contribution is -2.61. The fourth-order valence-electron chi connectivity index (χ4n) is 3.70. The van der Waals surface area contributed by atoms with Crippen molar-refractivity contribution in [2.24, 2.45) is 17.6 Å². The molecule has 0 aromatic carbocycles. The maximum absolute atomic E-state index is 13.4. The molecule has 5 amide bonds. The van der Waals surface area contributed by atoms with Crippen molar-refractivity contribution in [2.45, 2.75) is 117 Å². The molecule has 0 rings (SSSR count). The number of primary amides is 1. The number of hydrogen-bond donors (Lipinski definition) is 6. The number of carbonyl (C=O) groups is 6. The number of ether oxygens (including phenoxy) is 2. The van der Waals surface area contributed by atoms with Gasteiger partial charge in [0.05, 0.1) is 13.2 Å². The fraction of sp³-hybridized carbons (Fsp3) is 0.778. The Hall–Kier alpha value is -3.42. The van der Waals surface area contributed by atoms with E-state index in [4.69, 9.17) is 15.2 Å². The summed E-state index contributed by atoms with van der Waals surface area (Å²) in [6.45, 7) is 13.4. The van der Waals surface area contributed by atoms with Crippen LogP contribution in [-0.4, -0.2) is 83.8 Å². The zero-order valence-corrected chi connectivity index (χ0v) is 25.7. The first kappa shape index (κ1) is 37.6. The van der Waals surface area contributed by atoms with Gasteiger partial charge in [-0.3, -0.25) is 19.2 Å². The molecule has 7 N–H and O–H groups in total. The fourth-order valence-corrected chi connectivity index (χ4v) is 3.70. The Kier molecular flexibility index (Phi) is 16.0. The van der Waals surface area contributed by atoms with Crippen molar-refractivity contribution in [3.63, 3.8) is 0 Å². The second-order valence-electron chi connectivity index (χ2n) is 11.5. The summed E-state index contributed by atoms with van der Waals surface area (Å²) in [5.41, 5.74) is 4.37. The molecular weight excluding hydrogens is 538 g/mol. The van der Waals surface area contributed by atoms with Crippen LogP contribution in [0.1, 0.15) is 81.1 Å². The van der Waals surface area contributed by atoms with Gasteiger partial charge in [-0.2, -0.15) is 0 Å². The molecule has 0 aliphatic heterocycles. The molecule has 0 bridgehead atoms. The van der Waals surface area contributed by atoms with Gasteiger partial charge in [-0.05, 0) is 52.4 Å². The molecule has 6 atom stereocenters. The van der Waals surface area contributed by atoms with Gasteiger partial charge in [-0.25, -0.2) is 9.59 Å². The van der Waals surface area contributed by atoms with Gasteiger partial charge in [0.1, 0.15) is 29.8 Å². The minimum absolute atomic E-state index is 0.0285. The van der Waals surface area contributed by atoms with Gasteiger partial charge >= 0.3 is 12.1 Å². The van der Waals surface area contributed by atoms with Gasteiger partial charge in [0.25, 0.3) is 0 Å². The van der Waals surface area contributed by atoms with E-state index in [-0.39, 0.29) is 25.2 Å². The number of methoxy groups -OCH3 is 1. The number of carbonyl (C=O) groups excluding carboxylic acids is 6. The Morgan fingerprint density at radius 1 is 0.829 bits per heavy atom. The number of amides is 5. The van der Waals surface area contributed by atoms with E-state index in [9.17, 15) is 33.9 Å². The van der Waals surface area contributed by atoms with Crippen molar-refractivity contribution < 1.29 is 43.3 Å². The summed E-state index contributed by atoms with van der Waals surface area (Å²) in [6.07, 6.45) is -1.94. The van der Waals surface area contributed by atoms with E-state index in [1.807, 2.05) is 13.8 Å². The Morgan fingerprint density at radius 2 is 1.37 bits per heavy atom. The van der Waals surface area contributed by atoms with Crippen LogP contribution in [0.15, 0.2) is 0 Å². The van der Waals surface area contributed by atoms with E-state index in [2.05, 4.69) is 21.3 Å². The van der Waals surface area contributed by atoms with Crippen LogP contribution in [0.4, 0.5) is 4.79 Å². The minimum atomic E-state index is -1.46. The number of esters is 1. The molecule has 236 valence electrons. The summed E-state index contributed by atoms with van der Waals surface area (Å²) >= 11 is 0. The highest BCUT2D eigenvalue weighted by molar-refractivity contribution is 5.95. The van der Waals surface area contributed by atoms with E-state index < -0.39 is 77.5 Å². The number of nitrogens with one attached hydrogen (secondary N) is 4. The van der Waals surface area contributed by atoms with Gasteiger partial charge in [0.2, 0.25) is 23.6 Å². The number of alkyl carbamates (subject to hydrolysis) is 1. The van der Waals surface area contributed by atoms with E-state index in [1.54, 1.807) is 34.6 Å². The lowest BCUT2D eigenvalue weighted by atomic mass is 9.96. The summed E-state index contributed by atoms with van der Waals surface area (Å²) in [7, 11) is 1.18. The standard InChI is InChI=1S/C27H49N5O9/c1-10-15(4)20(31-22(35)17(11-12-19(28)34)30-26(39)41-27(6,7)8)23(36)32-21(16(5)33)24(37)29-18(13-14(2)3)25(38)40-9/h14-18,20-21,33H,10-13H2,1-9H3,(H2,28,34)(H,29,37)(H,30,39)(H,31,35)(H,32,36)/t15-,16+,17-,18-,20-,21-/m0/s1. The van der Waals surface area contributed by atoms with E-state index >= 15 is 0 Å². The second-order valence-corrected chi connectivity index (χ2v) is 11.5. The molecule has 0 aromatic heterocycles. The number of nitrogens with two attached hydrogens (primary N) is 1. The molecule has 0 radical (unpaired) electrons. The summed E-state index contributed by atoms with van der Waals surface area (Å²) < 4.78 is 9.96. The van der Waals surface area contributed by atoms with Crippen LogP contribution in [0.3, 0.4) is 0 Å². The minimum Gasteiger partial charge on any atom is -0.467 e. The van der Waals surface area contributed by atoms with Crippen LogP contribution in [0.25, 0.3) is 0 Å². The summed E-state index contributed by atoms with van der Waals surface area (Å²) in [6, 6.07) is -4.91. The van der Waals surface area contributed by atoms with Crippen LogP contribution >= 0.6 is 0 Å². The van der Waals surface area contributed by atoms with Crippen molar-refractivity contribution in [1.29, 1.82) is 0 Å². The topological polar surface area (TPSA) is 215 Å². The predicted octanol–water partition coefficient (Wildman–Crippen LogP) is 0.246. The monoisotopic (exact) mass is 587 g/mol. The average Bonchev–Trinajstić information content (AvgIpc) is 2.84. The van der Waals surface area contributed by atoms with Crippen molar-refractivity contribution in [1.82, 2.24) is 21.3 Å². The molecule has 0 saturated carbocycles. The Labute approximate surface area is 242 Å². The molecule has 0 fully saturated rings. The molecule has 0 unspecified atom stereocenters. The third kappa shape index (κ3) is 14.7. The maximum Gasteiger partial charge on any atom is 0.408 e. The molecule has 0 aliphatic rings. The molecule has 0 aromatic rings. The molecule has 41 heavy (non-hydrogen) atoms. The Morgan fingerprint density at radius 3 is 1.80 bits per heavy atom. The first-order valence-corrected chi connectivity index (χ1v) is 13.8. The number of aliphatic hydroxyl groups excluding tert-OH is 1. The predicted molar refractivity (Wildman–Crippen MR) is 150 cm³/mol. The smallest absolute Gasteiger partial charge is 0.408 e. The third-order valence-electron chi connectivity index (χ3n) is 6.05. The Balaban J connectivity index is 5.89. The van der Waals surface area contributed by atoms with Crippen molar-refractivity contribution in [3.05, 3.63) is 0 Å². The normalized spacial score (nSPS) is 15.8. The van der Waals surface area contributed by atoms with Crippen molar-refractivity contribution >= 4 is 35.7 Å². The van der Waals surface area contributed by atoms with Crippen LogP contribution in [0.2, 0.25) is 0 Å². The number of hydrogen-bond acceptors (Lipinski definition) is 9. The average molecular weight is 588 g/mol. The lowest BCUT2D eigenvalue weighted by molar-refractivity contribution is -0.146. The highest BCUT2D eigenvalue weighted by Gasteiger charge is 2.35. The molecule has 0 heterocycles. The zero-order valence-electron chi connectivity index (χ0n) is 25.7. The van der Waals surface area contributed by atoms with Crippen LogP contribution < -0.4 is 27.0 Å². The van der Waals surface area contributed by atoms with Crippen molar-refractivity contribution in [3.8, 4) is 0 Å². The molecule has 0 saturated heterocycles. The van der Waals surface area contributed by atoms with E-state index in [0.29, 0.717) is 6.42 Å². The van der Waals surface area contributed by atoms with Crippen LogP contribution in [0.5, 0.6) is 0 Å². The molecule has 14 heteroatoms. The largest absolute Gasteiger partial charge is 0.467 e. The quantitative estimate of drug-likeness (QED) is 0.136. The van der Waals surface area contributed by atoms with Crippen LogP contribution in [-0.2, 0) is 33.4 Å². The summed E-state index contributed by atoms with van der Waals surface area (Å²) in [5, 5.41) is 20.2. The second kappa shape index (κ2) is 17.4. The highest BCUT2D eigenvalue weighted by atomic mass is 16.6. The number of aliphatic hydroxyl groups is 1. The van der Waals surface area contributed by atoms with Gasteiger partial charge in [0, 0.05) is 6.42 Å². The molecule has 14 nitrogen and oxygen atoms in total. The third-order valence-corrected chi connectivity index (χ3v) is 6.05. The van der Waals surface area contributed by atoms with Crippen molar-refractivity contribution in [2.75, 3.05) is 7.11 Å². The van der Waals surface area contributed by atoms with Gasteiger partial charge in [0.15, 0.2) is 0 Å². The van der Waals surface area contributed by atoms with Gasteiger partial charge < -0.3 is 41.6 Å².